The molecule has 1 atom stereocenters. The van der Waals surface area contributed by atoms with E-state index in [-0.39, 0.29) is 34.7 Å². The fourth-order valence-corrected chi connectivity index (χ4v) is 8.25. The summed E-state index contributed by atoms with van der Waals surface area (Å²) in [6.07, 6.45) is 8.60. The molecule has 8 rings (SSSR count). The van der Waals surface area contributed by atoms with E-state index in [1.54, 1.807) is 22.8 Å². The Morgan fingerprint density at radius 2 is 1.89 bits per heavy atom. The Kier molecular flexibility index (Phi) is 7.34. The van der Waals surface area contributed by atoms with Crippen LogP contribution in [0.15, 0.2) is 47.5 Å². The van der Waals surface area contributed by atoms with Gasteiger partial charge in [-0.2, -0.15) is 0 Å². The summed E-state index contributed by atoms with van der Waals surface area (Å²) in [7, 11) is 0. The number of anilines is 1. The van der Waals surface area contributed by atoms with Crippen molar-refractivity contribution in [3.8, 4) is 22.9 Å². The molecule has 4 heterocycles. The molecule has 0 bridgehead atoms. The van der Waals surface area contributed by atoms with Crippen molar-refractivity contribution < 1.29 is 13.9 Å². The van der Waals surface area contributed by atoms with Crippen molar-refractivity contribution in [2.75, 3.05) is 31.1 Å². The molecule has 0 radical (unpaired) electrons. The molecule has 2 saturated heterocycles. The Balaban J connectivity index is 0.959. The van der Waals surface area contributed by atoms with Gasteiger partial charge in [0.25, 0.3) is 11.4 Å². The third-order valence-corrected chi connectivity index (χ3v) is 10.8. The number of nitrogens with zero attached hydrogens (tertiary/aromatic N) is 6. The van der Waals surface area contributed by atoms with E-state index >= 15 is 0 Å². The molecule has 5 aliphatic rings. The van der Waals surface area contributed by atoms with Crippen LogP contribution in [0.3, 0.4) is 0 Å². The predicted octanol–water partition coefficient (Wildman–Crippen LogP) is 4.81. The molecule has 1 aromatic carbocycles. The SMILES string of the molecule is CC(C)C(C1CC(NC(=O)C2CC2)C1)N1CC2(CCN(c3ncnnc3Oc3ccc(F)cc3-c3cccc(=O)n3C3CC3)C2)C1. The minimum atomic E-state index is -0.408. The molecular formula is C35H42FN7O3. The maximum atomic E-state index is 14.6. The Bertz CT molecular complexity index is 1690. The third-order valence-electron chi connectivity index (χ3n) is 10.8. The number of likely N-dealkylation sites (tertiary alicyclic amines) is 1. The standard InChI is InChI=1S/C35H42FN7O3/c1-21(2)31(23-14-25(15-23)39-33(45)22-6-7-22)42-18-35(19-42)12-13-41(17-35)32-34(40-38-20-37-32)46-29-11-8-24(36)16-27(29)28-4-3-5-30(44)43(28)26-9-10-26/h3-5,8,11,16,20-23,25-26,31H,6-7,9-10,12-15,17-19H2,1-2H3,(H,39,45). The van der Waals surface area contributed by atoms with Crippen LogP contribution in [-0.2, 0) is 4.79 Å². The summed E-state index contributed by atoms with van der Waals surface area (Å²) in [4.78, 5) is 34.5. The lowest BCUT2D eigenvalue weighted by Crippen LogP contribution is -2.65. The molecule has 10 nitrogen and oxygen atoms in total. The molecule has 1 amide bonds. The maximum Gasteiger partial charge on any atom is 0.282 e. The predicted molar refractivity (Wildman–Crippen MR) is 171 cm³/mol. The number of carbonyl (C=O) groups excluding carboxylic acids is 1. The van der Waals surface area contributed by atoms with Crippen LogP contribution in [0.5, 0.6) is 11.6 Å². The van der Waals surface area contributed by atoms with Crippen molar-refractivity contribution in [3.63, 3.8) is 0 Å². The lowest BCUT2D eigenvalue weighted by atomic mass is 9.68. The number of aromatic nitrogens is 4. The highest BCUT2D eigenvalue weighted by atomic mass is 19.1. The molecule has 242 valence electrons. The van der Waals surface area contributed by atoms with Crippen LogP contribution >= 0.6 is 0 Å². The molecule has 1 unspecified atom stereocenters. The summed E-state index contributed by atoms with van der Waals surface area (Å²) < 4.78 is 22.7. The number of amides is 1. The molecule has 2 aliphatic heterocycles. The van der Waals surface area contributed by atoms with Gasteiger partial charge in [-0.15, -0.1) is 10.2 Å². The molecule has 1 spiro atoms. The summed E-state index contributed by atoms with van der Waals surface area (Å²) in [6.45, 7) is 8.43. The Morgan fingerprint density at radius 1 is 1.09 bits per heavy atom. The number of carbonyl (C=O) groups is 1. The summed E-state index contributed by atoms with van der Waals surface area (Å²) in [5.74, 6) is 2.60. The summed E-state index contributed by atoms with van der Waals surface area (Å²) in [6, 6.07) is 10.4. The van der Waals surface area contributed by atoms with E-state index in [0.717, 1.165) is 71.1 Å². The van der Waals surface area contributed by atoms with Gasteiger partial charge in [-0.05, 0) is 81.0 Å². The number of hydrogen-bond acceptors (Lipinski definition) is 8. The highest BCUT2D eigenvalue weighted by molar-refractivity contribution is 5.81. The number of benzene rings is 1. The lowest BCUT2D eigenvalue weighted by molar-refractivity contribution is -0.124. The van der Waals surface area contributed by atoms with Crippen LogP contribution in [0, 0.1) is 29.0 Å². The normalized spacial score (nSPS) is 24.5. The maximum absolute atomic E-state index is 14.6. The second-order valence-corrected chi connectivity index (χ2v) is 14.7. The van der Waals surface area contributed by atoms with E-state index in [0.29, 0.717) is 46.7 Å². The Labute approximate surface area is 268 Å². The first-order valence-electron chi connectivity index (χ1n) is 16.9. The van der Waals surface area contributed by atoms with E-state index in [1.807, 2.05) is 6.07 Å². The number of nitrogens with one attached hydrogen (secondary N) is 1. The first-order chi connectivity index (χ1) is 22.3. The van der Waals surface area contributed by atoms with Crippen LogP contribution in [0.1, 0.15) is 64.8 Å². The highest BCUT2D eigenvalue weighted by Gasteiger charge is 2.53. The molecule has 5 fully saturated rings. The van der Waals surface area contributed by atoms with Crippen molar-refractivity contribution in [2.24, 2.45) is 23.2 Å². The van der Waals surface area contributed by atoms with Gasteiger partial charge in [0, 0.05) is 67.3 Å². The van der Waals surface area contributed by atoms with E-state index in [2.05, 4.69) is 44.1 Å². The molecule has 2 aromatic heterocycles. The highest BCUT2D eigenvalue weighted by Crippen LogP contribution is 2.48. The average molecular weight is 628 g/mol. The first-order valence-corrected chi connectivity index (χ1v) is 16.9. The zero-order valence-corrected chi connectivity index (χ0v) is 26.6. The van der Waals surface area contributed by atoms with Crippen LogP contribution in [-0.4, -0.2) is 68.8 Å². The minimum Gasteiger partial charge on any atom is -0.434 e. The fraction of sp³-hybridized carbons (Fsp3) is 0.571. The van der Waals surface area contributed by atoms with Gasteiger partial charge in [-0.1, -0.05) is 19.9 Å². The first kappa shape index (κ1) is 29.5. The van der Waals surface area contributed by atoms with Crippen LogP contribution < -0.4 is 20.5 Å². The van der Waals surface area contributed by atoms with Gasteiger partial charge in [0.2, 0.25) is 5.91 Å². The van der Waals surface area contributed by atoms with E-state index in [1.165, 1.54) is 18.5 Å². The third kappa shape index (κ3) is 5.56. The van der Waals surface area contributed by atoms with Crippen molar-refractivity contribution in [3.05, 3.63) is 58.9 Å². The number of ether oxygens (including phenoxy) is 1. The van der Waals surface area contributed by atoms with E-state index in [4.69, 9.17) is 4.74 Å². The number of rotatable bonds is 10. The van der Waals surface area contributed by atoms with Crippen molar-refractivity contribution >= 4 is 11.7 Å². The second-order valence-electron chi connectivity index (χ2n) is 14.7. The zero-order valence-electron chi connectivity index (χ0n) is 26.6. The average Bonchev–Trinajstić information content (AvgIpc) is 3.94. The van der Waals surface area contributed by atoms with Crippen LogP contribution in [0.2, 0.25) is 0 Å². The van der Waals surface area contributed by atoms with Gasteiger partial charge >= 0.3 is 0 Å². The monoisotopic (exact) mass is 627 g/mol. The van der Waals surface area contributed by atoms with Gasteiger partial charge < -0.3 is 19.5 Å². The van der Waals surface area contributed by atoms with Crippen LogP contribution in [0.25, 0.3) is 11.3 Å². The molecule has 3 aliphatic carbocycles. The molecule has 46 heavy (non-hydrogen) atoms. The van der Waals surface area contributed by atoms with Gasteiger partial charge in [-0.25, -0.2) is 9.37 Å². The summed E-state index contributed by atoms with van der Waals surface area (Å²) >= 11 is 0. The largest absolute Gasteiger partial charge is 0.434 e. The molecule has 11 heteroatoms. The Morgan fingerprint density at radius 3 is 2.63 bits per heavy atom. The quantitative estimate of drug-likeness (QED) is 0.342. The molecule has 3 saturated carbocycles. The lowest BCUT2D eigenvalue weighted by Gasteiger charge is -2.57. The fourth-order valence-electron chi connectivity index (χ4n) is 8.25. The van der Waals surface area contributed by atoms with Gasteiger partial charge in [-0.3, -0.25) is 14.5 Å². The smallest absolute Gasteiger partial charge is 0.282 e. The van der Waals surface area contributed by atoms with Crippen molar-refractivity contribution in [2.45, 2.75) is 76.9 Å². The molecule has 1 N–H and O–H groups in total. The topological polar surface area (TPSA) is 105 Å². The summed E-state index contributed by atoms with van der Waals surface area (Å²) in [5, 5.41) is 11.6. The number of hydrogen-bond donors (Lipinski definition) is 1. The molecule has 3 aromatic rings. The minimum absolute atomic E-state index is 0.105. The Hall–Kier alpha value is -3.86. The van der Waals surface area contributed by atoms with E-state index in [9.17, 15) is 14.0 Å². The van der Waals surface area contributed by atoms with Gasteiger partial charge in [0.15, 0.2) is 5.82 Å². The van der Waals surface area contributed by atoms with Crippen molar-refractivity contribution in [1.29, 1.82) is 0 Å². The van der Waals surface area contributed by atoms with Gasteiger partial charge in [0.1, 0.15) is 17.9 Å². The second kappa shape index (κ2) is 11.4. The van der Waals surface area contributed by atoms with Gasteiger partial charge in [0.05, 0.1) is 5.69 Å². The van der Waals surface area contributed by atoms with E-state index < -0.39 is 5.82 Å². The van der Waals surface area contributed by atoms with Crippen LogP contribution in [0.4, 0.5) is 10.2 Å². The molecular weight excluding hydrogens is 585 g/mol. The number of halogens is 1. The zero-order chi connectivity index (χ0) is 31.6. The summed E-state index contributed by atoms with van der Waals surface area (Å²) in [5.41, 5.74) is 1.20. The number of pyridine rings is 1. The van der Waals surface area contributed by atoms with Crippen molar-refractivity contribution in [1.82, 2.24) is 30.0 Å².